The summed E-state index contributed by atoms with van der Waals surface area (Å²) in [5.41, 5.74) is 2.27. The first kappa shape index (κ1) is 17.2. The zero-order valence-electron chi connectivity index (χ0n) is 14.1. The number of carbonyl (C=O) groups is 3. The number of benzene rings is 1. The predicted molar refractivity (Wildman–Crippen MR) is 100.0 cm³/mol. The van der Waals surface area contributed by atoms with Crippen molar-refractivity contribution in [2.45, 2.75) is 25.3 Å². The maximum Gasteiger partial charge on any atom is 0.394 e. The summed E-state index contributed by atoms with van der Waals surface area (Å²) in [6.45, 7) is 0. The van der Waals surface area contributed by atoms with Crippen molar-refractivity contribution in [1.82, 2.24) is 15.3 Å². The van der Waals surface area contributed by atoms with Crippen molar-refractivity contribution < 1.29 is 19.5 Å². The molecule has 8 nitrogen and oxygen atoms in total. The number of nitrogens with one attached hydrogen (secondary N) is 3. The van der Waals surface area contributed by atoms with Crippen molar-refractivity contribution >= 4 is 45.2 Å². The number of para-hydroxylation sites is 1. The van der Waals surface area contributed by atoms with E-state index in [4.69, 9.17) is 5.11 Å². The summed E-state index contributed by atoms with van der Waals surface area (Å²) in [6.07, 6.45) is 1.99. The van der Waals surface area contributed by atoms with Gasteiger partial charge in [0.25, 0.3) is 5.91 Å². The molecule has 1 atom stereocenters. The molecule has 2 aromatic heterocycles. The number of rotatable bonds is 3. The normalized spacial score (nSPS) is 15.9. The number of nitrogens with zero attached hydrogens (tertiary/aromatic N) is 1. The molecule has 0 aliphatic heterocycles. The van der Waals surface area contributed by atoms with Crippen LogP contribution in [-0.2, 0) is 22.4 Å². The molecule has 27 heavy (non-hydrogen) atoms. The van der Waals surface area contributed by atoms with Gasteiger partial charge in [-0.25, -0.2) is 9.78 Å². The lowest BCUT2D eigenvalue weighted by atomic mass is 9.97. The Labute approximate surface area is 157 Å². The molecule has 3 aromatic rings. The highest BCUT2D eigenvalue weighted by Crippen LogP contribution is 2.30. The van der Waals surface area contributed by atoms with Crippen LogP contribution in [0.4, 0.5) is 5.13 Å². The second kappa shape index (κ2) is 6.84. The number of aryl methyl sites for hydroxylation is 1. The van der Waals surface area contributed by atoms with Gasteiger partial charge >= 0.3 is 11.9 Å². The zero-order chi connectivity index (χ0) is 19.0. The van der Waals surface area contributed by atoms with E-state index in [0.29, 0.717) is 18.5 Å². The second-order valence-corrected chi connectivity index (χ2v) is 7.42. The Kier molecular flexibility index (Phi) is 4.36. The van der Waals surface area contributed by atoms with Crippen LogP contribution in [0, 0.1) is 0 Å². The summed E-state index contributed by atoms with van der Waals surface area (Å²) >= 11 is 1.25. The Balaban J connectivity index is 1.43. The smallest absolute Gasteiger partial charge is 0.394 e. The Morgan fingerprint density at radius 1 is 1.26 bits per heavy atom. The second-order valence-electron chi connectivity index (χ2n) is 6.33. The number of hydrogen-bond donors (Lipinski definition) is 4. The van der Waals surface area contributed by atoms with Gasteiger partial charge < -0.3 is 15.4 Å². The van der Waals surface area contributed by atoms with Crippen LogP contribution in [-0.4, -0.2) is 38.9 Å². The van der Waals surface area contributed by atoms with Crippen molar-refractivity contribution in [3.05, 3.63) is 46.6 Å². The first-order valence-corrected chi connectivity index (χ1v) is 9.22. The number of anilines is 1. The van der Waals surface area contributed by atoms with Crippen molar-refractivity contribution in [2.24, 2.45) is 0 Å². The first-order chi connectivity index (χ1) is 13.0. The Morgan fingerprint density at radius 3 is 2.85 bits per heavy atom. The van der Waals surface area contributed by atoms with Crippen LogP contribution in [0.25, 0.3) is 10.9 Å². The fourth-order valence-corrected chi connectivity index (χ4v) is 4.24. The van der Waals surface area contributed by atoms with Gasteiger partial charge in [-0.1, -0.05) is 18.2 Å². The SMILES string of the molecule is O=C(O)C(=O)Nc1nc2c(s1)C[C@@H](NC(=O)c1cc3ccccc3[nH]1)CC2. The largest absolute Gasteiger partial charge is 0.474 e. The van der Waals surface area contributed by atoms with Gasteiger partial charge in [0.1, 0.15) is 5.69 Å². The van der Waals surface area contributed by atoms with E-state index in [-0.39, 0.29) is 17.1 Å². The van der Waals surface area contributed by atoms with Crippen LogP contribution in [0.3, 0.4) is 0 Å². The van der Waals surface area contributed by atoms with E-state index < -0.39 is 11.9 Å². The average Bonchev–Trinajstić information content (AvgIpc) is 3.24. The fraction of sp³-hybridized carbons (Fsp3) is 0.222. The minimum absolute atomic E-state index is 0.0418. The van der Waals surface area contributed by atoms with Crippen molar-refractivity contribution in [3.8, 4) is 0 Å². The van der Waals surface area contributed by atoms with Gasteiger partial charge in [0, 0.05) is 28.2 Å². The third-order valence-corrected chi connectivity index (χ3v) is 5.50. The van der Waals surface area contributed by atoms with Gasteiger partial charge in [-0.05, 0) is 25.0 Å². The summed E-state index contributed by atoms with van der Waals surface area (Å²) in [5, 5.41) is 15.2. The molecule has 0 unspecified atom stereocenters. The van der Waals surface area contributed by atoms with E-state index in [1.807, 2.05) is 30.3 Å². The number of hydrogen-bond acceptors (Lipinski definition) is 5. The molecule has 0 saturated carbocycles. The Bertz CT molecular complexity index is 1020. The van der Waals surface area contributed by atoms with Crippen LogP contribution < -0.4 is 10.6 Å². The molecule has 4 N–H and O–H groups in total. The number of carbonyl (C=O) groups excluding carboxylic acids is 2. The van der Waals surface area contributed by atoms with E-state index in [1.54, 1.807) is 0 Å². The quantitative estimate of drug-likeness (QED) is 0.514. The number of aromatic nitrogens is 2. The molecule has 1 aliphatic rings. The van der Waals surface area contributed by atoms with Gasteiger partial charge in [0.15, 0.2) is 5.13 Å². The lowest BCUT2D eigenvalue weighted by Crippen LogP contribution is -2.38. The highest BCUT2D eigenvalue weighted by molar-refractivity contribution is 7.16. The number of aliphatic carboxylic acids is 1. The number of fused-ring (bicyclic) bond motifs is 2. The van der Waals surface area contributed by atoms with E-state index in [0.717, 1.165) is 27.9 Å². The van der Waals surface area contributed by atoms with E-state index >= 15 is 0 Å². The standard InChI is InChI=1S/C18H16N4O4S/c23-15(13-7-9-3-1-2-4-11(9)20-13)19-10-5-6-12-14(8-10)27-18(21-12)22-16(24)17(25)26/h1-4,7,10,20H,5-6,8H2,(H,19,23)(H,25,26)(H,21,22,24)/t10-/m0/s1. The number of aromatic amines is 1. The van der Waals surface area contributed by atoms with Crippen LogP contribution >= 0.6 is 11.3 Å². The fourth-order valence-electron chi connectivity index (χ4n) is 3.16. The molecule has 0 fully saturated rings. The van der Waals surface area contributed by atoms with E-state index in [1.165, 1.54) is 11.3 Å². The number of carboxylic acids is 1. The predicted octanol–water partition coefficient (Wildman–Crippen LogP) is 1.93. The molecule has 9 heteroatoms. The van der Waals surface area contributed by atoms with Crippen LogP contribution in [0.15, 0.2) is 30.3 Å². The van der Waals surface area contributed by atoms with Crippen molar-refractivity contribution in [3.63, 3.8) is 0 Å². The molecule has 2 heterocycles. The van der Waals surface area contributed by atoms with Crippen LogP contribution in [0.2, 0.25) is 0 Å². The summed E-state index contributed by atoms with van der Waals surface area (Å²) in [5.74, 6) is -2.82. The highest BCUT2D eigenvalue weighted by atomic mass is 32.1. The third-order valence-electron chi connectivity index (χ3n) is 4.46. The minimum Gasteiger partial charge on any atom is -0.474 e. The monoisotopic (exact) mass is 384 g/mol. The molecular formula is C18H16N4O4S. The van der Waals surface area contributed by atoms with Gasteiger partial charge in [-0.2, -0.15) is 0 Å². The topological polar surface area (TPSA) is 124 Å². The molecule has 0 spiro atoms. The average molecular weight is 384 g/mol. The maximum absolute atomic E-state index is 12.5. The van der Waals surface area contributed by atoms with Gasteiger partial charge in [0.2, 0.25) is 0 Å². The Morgan fingerprint density at radius 2 is 2.07 bits per heavy atom. The number of amides is 2. The summed E-state index contributed by atoms with van der Waals surface area (Å²) < 4.78 is 0. The zero-order valence-corrected chi connectivity index (χ0v) is 14.9. The molecule has 138 valence electrons. The van der Waals surface area contributed by atoms with Crippen molar-refractivity contribution in [2.75, 3.05) is 5.32 Å². The van der Waals surface area contributed by atoms with Crippen LogP contribution in [0.1, 0.15) is 27.5 Å². The molecular weight excluding hydrogens is 368 g/mol. The molecule has 1 aliphatic carbocycles. The summed E-state index contributed by atoms with van der Waals surface area (Å²) in [4.78, 5) is 42.8. The van der Waals surface area contributed by atoms with Gasteiger partial charge in [0.05, 0.1) is 5.69 Å². The summed E-state index contributed by atoms with van der Waals surface area (Å²) in [7, 11) is 0. The molecule has 1 aromatic carbocycles. The molecule has 0 radical (unpaired) electrons. The summed E-state index contributed by atoms with van der Waals surface area (Å²) in [6, 6.07) is 9.48. The first-order valence-electron chi connectivity index (χ1n) is 8.41. The number of carboxylic acid groups (broad SMARTS) is 1. The molecule has 0 bridgehead atoms. The number of H-pyrrole nitrogens is 1. The minimum atomic E-state index is -1.55. The van der Waals surface area contributed by atoms with Crippen LogP contribution in [0.5, 0.6) is 0 Å². The van der Waals surface area contributed by atoms with Gasteiger partial charge in [-0.15, -0.1) is 11.3 Å². The lowest BCUT2D eigenvalue weighted by Gasteiger charge is -2.22. The Hall–Kier alpha value is -3.20. The number of thiazole rings is 1. The maximum atomic E-state index is 12.5. The molecule has 2 amide bonds. The highest BCUT2D eigenvalue weighted by Gasteiger charge is 2.25. The molecule has 4 rings (SSSR count). The van der Waals surface area contributed by atoms with Crippen molar-refractivity contribution in [1.29, 1.82) is 0 Å². The van der Waals surface area contributed by atoms with Gasteiger partial charge in [-0.3, -0.25) is 14.9 Å². The van der Waals surface area contributed by atoms with E-state index in [9.17, 15) is 14.4 Å². The molecule has 0 saturated heterocycles. The lowest BCUT2D eigenvalue weighted by molar-refractivity contribution is -0.147. The van der Waals surface area contributed by atoms with E-state index in [2.05, 4.69) is 20.6 Å². The third kappa shape index (κ3) is 3.54.